The van der Waals surface area contributed by atoms with Gasteiger partial charge in [0.2, 0.25) is 41.4 Å². The summed E-state index contributed by atoms with van der Waals surface area (Å²) in [5.41, 5.74) is 6.41. The molecule has 1 aromatic carbocycles. The Hall–Kier alpha value is -5.59. The predicted molar refractivity (Wildman–Crippen MR) is 208 cm³/mol. The van der Waals surface area contributed by atoms with Gasteiger partial charge in [-0.3, -0.25) is 43.2 Å². The van der Waals surface area contributed by atoms with Gasteiger partial charge in [-0.1, -0.05) is 77.8 Å². The molecule has 1 heterocycles. The monoisotopic (exact) mass is 817 g/mol. The lowest BCUT2D eigenvalue weighted by Crippen LogP contribution is -2.61. The number of carboxylic acids is 2. The number of hydrogen-bond acceptors (Lipinski definition) is 10. The van der Waals surface area contributed by atoms with Crippen LogP contribution in [0.15, 0.2) is 30.3 Å². The van der Waals surface area contributed by atoms with Gasteiger partial charge in [-0.25, -0.2) is 0 Å². The number of amides is 7. The molecule has 58 heavy (non-hydrogen) atoms. The van der Waals surface area contributed by atoms with E-state index in [0.29, 0.717) is 12.8 Å². The van der Waals surface area contributed by atoms with Crippen molar-refractivity contribution < 1.29 is 58.1 Å². The Morgan fingerprint density at radius 2 is 1.41 bits per heavy atom. The minimum atomic E-state index is -1.59. The van der Waals surface area contributed by atoms with Crippen molar-refractivity contribution in [1.29, 1.82) is 0 Å². The highest BCUT2D eigenvalue weighted by atomic mass is 16.5. The highest BCUT2D eigenvalue weighted by Crippen LogP contribution is 2.25. The Kier molecular flexibility index (Phi) is 19.8. The van der Waals surface area contributed by atoms with Crippen molar-refractivity contribution in [3.05, 3.63) is 35.9 Å². The quantitative estimate of drug-likeness (QED) is 0.0681. The lowest BCUT2D eigenvalue weighted by molar-refractivity contribution is -0.143. The third-order valence-corrected chi connectivity index (χ3v) is 9.79. The fraction of sp³-hybridized carbons (Fsp3) is 0.615. The summed E-state index contributed by atoms with van der Waals surface area (Å²) in [7, 11) is 0. The van der Waals surface area contributed by atoms with Gasteiger partial charge in [0.25, 0.3) is 0 Å². The van der Waals surface area contributed by atoms with Crippen LogP contribution in [0.3, 0.4) is 0 Å². The SMILES string of the molecule is CCC[C@H](NC(=O)[C@@H]1C[C@@H](OCc2ccccc2)CN1C(=O)[C@@H](NC(=O)[C@@H](NC(=O)[C@@H](CCC(=O)O)NC(=O)[C@H](CC(=O)O)NC(C)=O)[C@@H](C)CC)C(C)C)C(N)=O. The minimum Gasteiger partial charge on any atom is -0.481 e. The zero-order valence-corrected chi connectivity index (χ0v) is 33.9. The second-order valence-corrected chi connectivity index (χ2v) is 14.9. The zero-order valence-electron chi connectivity index (χ0n) is 33.9. The van der Waals surface area contributed by atoms with E-state index < -0.39 is 127 Å². The lowest BCUT2D eigenvalue weighted by Gasteiger charge is -2.33. The third kappa shape index (κ3) is 15.4. The molecule has 1 aromatic rings. The van der Waals surface area contributed by atoms with Crippen molar-refractivity contribution in [2.24, 2.45) is 17.6 Å². The average molecular weight is 818 g/mol. The highest BCUT2D eigenvalue weighted by Gasteiger charge is 2.44. The Morgan fingerprint density at radius 1 is 0.793 bits per heavy atom. The molecule has 322 valence electrons. The summed E-state index contributed by atoms with van der Waals surface area (Å²) < 4.78 is 6.12. The smallest absolute Gasteiger partial charge is 0.305 e. The van der Waals surface area contributed by atoms with Crippen LogP contribution in [0, 0.1) is 11.8 Å². The number of nitrogens with one attached hydrogen (secondary N) is 5. The Balaban J connectivity index is 2.39. The molecule has 0 aromatic heterocycles. The number of primary amides is 1. The van der Waals surface area contributed by atoms with Crippen LogP contribution in [0.4, 0.5) is 0 Å². The molecule has 19 heteroatoms. The topological polar surface area (TPSA) is 293 Å². The summed E-state index contributed by atoms with van der Waals surface area (Å²) in [5, 5.41) is 31.0. The first kappa shape index (κ1) is 48.6. The largest absolute Gasteiger partial charge is 0.481 e. The molecule has 1 saturated heterocycles. The van der Waals surface area contributed by atoms with Crippen LogP contribution in [0.1, 0.15) is 92.1 Å². The fourth-order valence-corrected chi connectivity index (χ4v) is 6.37. The first-order valence-corrected chi connectivity index (χ1v) is 19.5. The molecule has 0 radical (unpaired) electrons. The second-order valence-electron chi connectivity index (χ2n) is 14.9. The van der Waals surface area contributed by atoms with E-state index >= 15 is 0 Å². The van der Waals surface area contributed by atoms with Gasteiger partial charge in [0.05, 0.1) is 19.1 Å². The maximum absolute atomic E-state index is 14.4. The summed E-state index contributed by atoms with van der Waals surface area (Å²) in [6.07, 6.45) is -1.19. The first-order valence-electron chi connectivity index (χ1n) is 19.5. The number of aliphatic carboxylic acids is 2. The van der Waals surface area contributed by atoms with Crippen LogP contribution in [-0.4, -0.2) is 117 Å². The van der Waals surface area contributed by atoms with E-state index in [0.717, 1.165) is 12.5 Å². The molecule has 0 aliphatic carbocycles. The van der Waals surface area contributed by atoms with Gasteiger partial charge in [0.1, 0.15) is 36.3 Å². The van der Waals surface area contributed by atoms with Crippen molar-refractivity contribution in [3.8, 4) is 0 Å². The number of ether oxygens (including phenoxy) is 1. The Bertz CT molecular complexity index is 1610. The van der Waals surface area contributed by atoms with E-state index in [1.807, 2.05) is 37.3 Å². The van der Waals surface area contributed by atoms with E-state index in [-0.39, 0.29) is 26.0 Å². The maximum atomic E-state index is 14.4. The first-order chi connectivity index (χ1) is 27.3. The van der Waals surface area contributed by atoms with E-state index in [1.54, 1.807) is 27.7 Å². The molecule has 1 aliphatic heterocycles. The van der Waals surface area contributed by atoms with E-state index in [1.165, 1.54) is 4.90 Å². The van der Waals surface area contributed by atoms with Crippen LogP contribution < -0.4 is 32.3 Å². The number of carbonyl (C=O) groups is 9. The molecule has 0 spiro atoms. The molecule has 0 bridgehead atoms. The molecule has 1 aliphatic rings. The summed E-state index contributed by atoms with van der Waals surface area (Å²) in [6, 6.07) is 1.53. The number of nitrogens with zero attached hydrogens (tertiary/aromatic N) is 1. The normalized spacial score (nSPS) is 18.1. The van der Waals surface area contributed by atoms with Crippen LogP contribution in [-0.2, 0) is 54.5 Å². The Morgan fingerprint density at radius 3 is 1.95 bits per heavy atom. The van der Waals surface area contributed by atoms with Crippen LogP contribution in [0.5, 0.6) is 0 Å². The van der Waals surface area contributed by atoms with Crippen LogP contribution in [0.25, 0.3) is 0 Å². The molecule has 19 nitrogen and oxygen atoms in total. The molecular weight excluding hydrogens is 758 g/mol. The van der Waals surface area contributed by atoms with E-state index in [4.69, 9.17) is 10.5 Å². The molecule has 0 saturated carbocycles. The van der Waals surface area contributed by atoms with Crippen molar-refractivity contribution in [3.63, 3.8) is 0 Å². The number of hydrogen-bond donors (Lipinski definition) is 8. The van der Waals surface area contributed by atoms with Crippen molar-refractivity contribution in [2.45, 2.75) is 135 Å². The van der Waals surface area contributed by atoms with Crippen molar-refractivity contribution in [2.75, 3.05) is 6.54 Å². The van der Waals surface area contributed by atoms with Gasteiger partial charge in [-0.15, -0.1) is 0 Å². The number of nitrogens with two attached hydrogens (primary N) is 1. The molecule has 2 rings (SSSR count). The highest BCUT2D eigenvalue weighted by molar-refractivity contribution is 5.98. The van der Waals surface area contributed by atoms with E-state index in [2.05, 4.69) is 26.6 Å². The zero-order chi connectivity index (χ0) is 43.7. The summed E-state index contributed by atoms with van der Waals surface area (Å²) in [5.74, 6) is -9.34. The molecular formula is C39H59N7O12. The van der Waals surface area contributed by atoms with Gasteiger partial charge in [0.15, 0.2) is 0 Å². The molecule has 0 unspecified atom stereocenters. The number of likely N-dealkylation sites (tertiary alicyclic amines) is 1. The average Bonchev–Trinajstić information content (AvgIpc) is 3.59. The number of benzene rings is 1. The van der Waals surface area contributed by atoms with Crippen molar-refractivity contribution in [1.82, 2.24) is 31.5 Å². The van der Waals surface area contributed by atoms with Gasteiger partial charge in [-0.2, -0.15) is 0 Å². The van der Waals surface area contributed by atoms with Crippen LogP contribution >= 0.6 is 0 Å². The summed E-state index contributed by atoms with van der Waals surface area (Å²) in [6.45, 7) is 9.82. The number of carboxylic acid groups (broad SMARTS) is 2. The van der Waals surface area contributed by atoms with Gasteiger partial charge in [0, 0.05) is 26.3 Å². The second kappa shape index (κ2) is 23.6. The number of carbonyl (C=O) groups excluding carboxylic acids is 7. The standard InChI is InChI=1S/C39H59N7O12/c1-7-12-26(34(40)52)42-37(55)29-17-25(58-20-24-13-10-9-11-14-24)19-46(29)39(57)32(21(3)4)44-38(56)33(22(5)8-2)45-35(53)27(15-16-30(48)49)43-36(54)28(18-31(50)51)41-23(6)47/h9-11,13-14,21-22,25-29,32-33H,7-8,12,15-20H2,1-6H3,(H2,40,52)(H,41,47)(H,42,55)(H,43,54)(H,44,56)(H,45,53)(H,48,49)(H,50,51)/t22-,25+,26-,27+,28-,29-,32-,33-/m0/s1. The lowest BCUT2D eigenvalue weighted by atomic mass is 9.95. The molecule has 1 fully saturated rings. The summed E-state index contributed by atoms with van der Waals surface area (Å²) in [4.78, 5) is 117. The molecule has 7 amide bonds. The third-order valence-electron chi connectivity index (χ3n) is 9.79. The fourth-order valence-electron chi connectivity index (χ4n) is 6.37. The van der Waals surface area contributed by atoms with Crippen LogP contribution in [0.2, 0.25) is 0 Å². The number of rotatable bonds is 24. The molecule has 9 N–H and O–H groups in total. The van der Waals surface area contributed by atoms with E-state index in [9.17, 15) is 53.4 Å². The van der Waals surface area contributed by atoms with Gasteiger partial charge < -0.3 is 52.2 Å². The predicted octanol–water partition coefficient (Wildman–Crippen LogP) is -0.0564. The Labute approximate surface area is 337 Å². The van der Waals surface area contributed by atoms with Crippen molar-refractivity contribution >= 4 is 53.3 Å². The summed E-state index contributed by atoms with van der Waals surface area (Å²) >= 11 is 0. The van der Waals surface area contributed by atoms with Gasteiger partial charge >= 0.3 is 11.9 Å². The minimum absolute atomic E-state index is 0.0182. The maximum Gasteiger partial charge on any atom is 0.305 e. The van der Waals surface area contributed by atoms with Gasteiger partial charge in [-0.05, 0) is 30.2 Å². The molecule has 8 atom stereocenters.